The Bertz CT molecular complexity index is 1040. The average molecular weight is 433 g/mol. The van der Waals surface area contributed by atoms with E-state index in [4.69, 9.17) is 4.74 Å². The van der Waals surface area contributed by atoms with Gasteiger partial charge >= 0.3 is 6.18 Å². The highest BCUT2D eigenvalue weighted by Crippen LogP contribution is 2.39. The lowest BCUT2D eigenvalue weighted by Crippen LogP contribution is -2.37. The number of fused-ring (bicyclic) bond motifs is 1. The minimum Gasteiger partial charge on any atom is -0.379 e. The van der Waals surface area contributed by atoms with E-state index in [1.165, 1.54) is 4.52 Å². The van der Waals surface area contributed by atoms with Crippen LogP contribution in [0.15, 0.2) is 30.3 Å². The topological polar surface area (TPSA) is 54.7 Å². The molecule has 0 saturated carbocycles. The van der Waals surface area contributed by atoms with Gasteiger partial charge in [0.1, 0.15) is 5.82 Å². The van der Waals surface area contributed by atoms with Crippen LogP contribution in [-0.2, 0) is 10.9 Å². The second-order valence-corrected chi connectivity index (χ2v) is 7.84. The van der Waals surface area contributed by atoms with Gasteiger partial charge in [0.05, 0.1) is 18.8 Å². The highest BCUT2D eigenvalue weighted by Gasteiger charge is 2.39. The van der Waals surface area contributed by atoms with Crippen molar-refractivity contribution in [2.24, 2.45) is 0 Å². The van der Waals surface area contributed by atoms with Gasteiger partial charge in [0.2, 0.25) is 0 Å². The smallest absolute Gasteiger partial charge is 0.379 e. The maximum absolute atomic E-state index is 13.9. The summed E-state index contributed by atoms with van der Waals surface area (Å²) in [6.07, 6.45) is -3.73. The number of halogens is 3. The Morgan fingerprint density at radius 1 is 1.10 bits per heavy atom. The lowest BCUT2D eigenvalue weighted by atomic mass is 10.0. The fourth-order valence-corrected chi connectivity index (χ4v) is 3.79. The number of alkyl halides is 3. The van der Waals surface area contributed by atoms with Crippen molar-refractivity contribution in [3.63, 3.8) is 0 Å². The molecule has 3 aromatic rings. The standard InChI is InChI=1S/C22H26F3N5O/c1-15-4-6-17(7-5-15)19-20(22(23,24)25)28-30-18(14-16(2)27-21(19)30)26-8-3-9-29-10-12-31-13-11-29/h4-7,14,26H,3,8-13H2,1-2H3. The Morgan fingerprint density at radius 2 is 1.81 bits per heavy atom. The monoisotopic (exact) mass is 433 g/mol. The molecule has 0 aliphatic carbocycles. The van der Waals surface area contributed by atoms with Crippen LogP contribution in [-0.4, -0.2) is 58.9 Å². The summed E-state index contributed by atoms with van der Waals surface area (Å²) in [5.41, 5.74) is 1.33. The molecule has 0 spiro atoms. The minimum absolute atomic E-state index is 0.00701. The number of benzene rings is 1. The molecule has 1 fully saturated rings. The first-order valence-electron chi connectivity index (χ1n) is 10.4. The number of hydrogen-bond acceptors (Lipinski definition) is 5. The minimum atomic E-state index is -4.59. The quantitative estimate of drug-likeness (QED) is 0.592. The van der Waals surface area contributed by atoms with Gasteiger partial charge in [-0.15, -0.1) is 0 Å². The van der Waals surface area contributed by atoms with Crippen LogP contribution in [0.3, 0.4) is 0 Å². The van der Waals surface area contributed by atoms with Crippen molar-refractivity contribution in [3.8, 4) is 11.1 Å². The van der Waals surface area contributed by atoms with Gasteiger partial charge in [-0.25, -0.2) is 4.98 Å². The zero-order chi connectivity index (χ0) is 22.0. The molecular formula is C22H26F3N5O. The van der Waals surface area contributed by atoms with E-state index in [0.29, 0.717) is 23.6 Å². The lowest BCUT2D eigenvalue weighted by molar-refractivity contribution is -0.140. The summed E-state index contributed by atoms with van der Waals surface area (Å²) in [5.74, 6) is 0.508. The summed E-state index contributed by atoms with van der Waals surface area (Å²) in [4.78, 5) is 6.73. The summed E-state index contributed by atoms with van der Waals surface area (Å²) >= 11 is 0. The highest BCUT2D eigenvalue weighted by molar-refractivity contribution is 5.81. The summed E-state index contributed by atoms with van der Waals surface area (Å²) in [5, 5.41) is 7.19. The van der Waals surface area contributed by atoms with Gasteiger partial charge in [0, 0.05) is 31.4 Å². The van der Waals surface area contributed by atoms with Gasteiger partial charge in [-0.05, 0) is 32.4 Å². The molecule has 31 heavy (non-hydrogen) atoms. The molecule has 0 amide bonds. The van der Waals surface area contributed by atoms with Crippen LogP contribution >= 0.6 is 0 Å². The molecule has 1 saturated heterocycles. The van der Waals surface area contributed by atoms with Crippen molar-refractivity contribution in [1.82, 2.24) is 19.5 Å². The van der Waals surface area contributed by atoms with Gasteiger partial charge in [-0.3, -0.25) is 4.90 Å². The third-order valence-corrected chi connectivity index (χ3v) is 5.39. The molecule has 1 N–H and O–H groups in total. The second kappa shape index (κ2) is 8.84. The van der Waals surface area contributed by atoms with Crippen molar-refractivity contribution < 1.29 is 17.9 Å². The fourth-order valence-electron chi connectivity index (χ4n) is 3.79. The molecular weight excluding hydrogens is 407 g/mol. The van der Waals surface area contributed by atoms with Crippen molar-refractivity contribution in [2.75, 3.05) is 44.7 Å². The molecule has 0 unspecified atom stereocenters. The van der Waals surface area contributed by atoms with E-state index in [9.17, 15) is 13.2 Å². The van der Waals surface area contributed by atoms with E-state index in [2.05, 4.69) is 20.3 Å². The van der Waals surface area contributed by atoms with Crippen molar-refractivity contribution in [2.45, 2.75) is 26.4 Å². The first kappa shape index (κ1) is 21.6. The van der Waals surface area contributed by atoms with Crippen LogP contribution in [0.25, 0.3) is 16.8 Å². The van der Waals surface area contributed by atoms with Crippen LogP contribution in [0.2, 0.25) is 0 Å². The Morgan fingerprint density at radius 3 is 2.48 bits per heavy atom. The number of ether oxygens (including phenoxy) is 1. The Balaban J connectivity index is 1.64. The first-order chi connectivity index (χ1) is 14.8. The Labute approximate surface area is 179 Å². The third kappa shape index (κ3) is 4.83. The van der Waals surface area contributed by atoms with Crippen LogP contribution in [0.1, 0.15) is 23.4 Å². The van der Waals surface area contributed by atoms with Crippen LogP contribution in [0.4, 0.5) is 19.0 Å². The van der Waals surface area contributed by atoms with Gasteiger partial charge < -0.3 is 10.1 Å². The van der Waals surface area contributed by atoms with Crippen LogP contribution < -0.4 is 5.32 Å². The van der Waals surface area contributed by atoms with Gasteiger partial charge in [0.15, 0.2) is 11.3 Å². The van der Waals surface area contributed by atoms with E-state index in [1.54, 1.807) is 37.3 Å². The van der Waals surface area contributed by atoms with Crippen LogP contribution in [0, 0.1) is 13.8 Å². The summed E-state index contributed by atoms with van der Waals surface area (Å²) < 4.78 is 48.2. The molecule has 6 nitrogen and oxygen atoms in total. The zero-order valence-electron chi connectivity index (χ0n) is 17.7. The summed E-state index contributed by atoms with van der Waals surface area (Å²) in [6, 6.07) is 8.68. The fraction of sp³-hybridized carbons (Fsp3) is 0.455. The number of morpholine rings is 1. The number of nitrogens with one attached hydrogen (secondary N) is 1. The van der Waals surface area contributed by atoms with Crippen molar-refractivity contribution in [3.05, 3.63) is 47.3 Å². The van der Waals surface area contributed by atoms with Crippen molar-refractivity contribution >= 4 is 11.5 Å². The molecule has 9 heteroatoms. The van der Waals surface area contributed by atoms with E-state index in [0.717, 1.165) is 44.8 Å². The van der Waals surface area contributed by atoms with Gasteiger partial charge in [-0.2, -0.15) is 22.8 Å². The molecule has 2 aromatic heterocycles. The Kier molecular flexibility index (Phi) is 6.15. The molecule has 1 aliphatic heterocycles. The molecule has 4 rings (SSSR count). The average Bonchev–Trinajstić information content (AvgIpc) is 3.12. The SMILES string of the molecule is Cc1ccc(-c2c(C(F)(F)F)nn3c(NCCCN4CCOCC4)cc(C)nc23)cc1. The predicted octanol–water partition coefficient (Wildman–Crippen LogP) is 4.17. The van der Waals surface area contributed by atoms with E-state index in [1.807, 2.05) is 6.92 Å². The van der Waals surface area contributed by atoms with Crippen LogP contribution in [0.5, 0.6) is 0 Å². The molecule has 0 radical (unpaired) electrons. The highest BCUT2D eigenvalue weighted by atomic mass is 19.4. The zero-order valence-corrected chi connectivity index (χ0v) is 17.7. The van der Waals surface area contributed by atoms with E-state index in [-0.39, 0.29) is 11.2 Å². The summed E-state index contributed by atoms with van der Waals surface area (Å²) in [7, 11) is 0. The number of nitrogens with zero attached hydrogens (tertiary/aromatic N) is 4. The second-order valence-electron chi connectivity index (χ2n) is 7.84. The molecule has 0 atom stereocenters. The number of anilines is 1. The maximum Gasteiger partial charge on any atom is 0.435 e. The van der Waals surface area contributed by atoms with Crippen molar-refractivity contribution in [1.29, 1.82) is 0 Å². The molecule has 166 valence electrons. The number of rotatable bonds is 6. The number of aromatic nitrogens is 3. The lowest BCUT2D eigenvalue weighted by Gasteiger charge is -2.26. The maximum atomic E-state index is 13.9. The first-order valence-corrected chi connectivity index (χ1v) is 10.4. The number of aryl methyl sites for hydroxylation is 2. The largest absolute Gasteiger partial charge is 0.435 e. The third-order valence-electron chi connectivity index (χ3n) is 5.39. The molecule has 3 heterocycles. The summed E-state index contributed by atoms with van der Waals surface area (Å²) in [6.45, 7) is 8.51. The predicted molar refractivity (Wildman–Crippen MR) is 113 cm³/mol. The van der Waals surface area contributed by atoms with Gasteiger partial charge in [-0.1, -0.05) is 29.8 Å². The van der Waals surface area contributed by atoms with E-state index < -0.39 is 11.9 Å². The molecule has 1 aliphatic rings. The Hall–Kier alpha value is -2.65. The molecule has 0 bridgehead atoms. The molecule has 1 aromatic carbocycles. The number of hydrogen-bond donors (Lipinski definition) is 1. The normalized spacial score (nSPS) is 15.5. The van der Waals surface area contributed by atoms with Gasteiger partial charge in [0.25, 0.3) is 0 Å². The van der Waals surface area contributed by atoms with E-state index >= 15 is 0 Å².